The van der Waals surface area contributed by atoms with Gasteiger partial charge in [-0.2, -0.15) is 26.3 Å². The first kappa shape index (κ1) is 41.6. The van der Waals surface area contributed by atoms with Gasteiger partial charge in [0.2, 0.25) is 0 Å². The van der Waals surface area contributed by atoms with E-state index in [1.54, 1.807) is 6.07 Å². The Morgan fingerprint density at radius 2 is 1.44 bits per heavy atom. The third-order valence-corrected chi connectivity index (χ3v) is 6.91. The Bertz CT molecular complexity index is 1580. The van der Waals surface area contributed by atoms with Crippen molar-refractivity contribution < 1.29 is 59.8 Å². The number of benzene rings is 3. The van der Waals surface area contributed by atoms with Crippen LogP contribution in [0.25, 0.3) is 11.1 Å². The van der Waals surface area contributed by atoms with Gasteiger partial charge < -0.3 is 25.3 Å². The first-order chi connectivity index (χ1) is 23.0. The normalized spacial score (nSPS) is 15.1. The van der Waals surface area contributed by atoms with Gasteiger partial charge in [-0.05, 0) is 53.9 Å². The van der Waals surface area contributed by atoms with Crippen LogP contribution in [0.1, 0.15) is 34.0 Å². The van der Waals surface area contributed by atoms with Crippen molar-refractivity contribution in [3.63, 3.8) is 0 Å². The van der Waals surface area contributed by atoms with Crippen LogP contribution >= 0.6 is 0 Å². The van der Waals surface area contributed by atoms with E-state index in [0.717, 1.165) is 53.9 Å². The molecule has 1 aliphatic rings. The molecule has 0 unspecified atom stereocenters. The molecule has 0 radical (unpaired) electrons. The van der Waals surface area contributed by atoms with Crippen molar-refractivity contribution in [1.82, 2.24) is 15.5 Å². The number of amides is 1. The van der Waals surface area contributed by atoms with Gasteiger partial charge >= 0.3 is 24.3 Å². The van der Waals surface area contributed by atoms with Gasteiger partial charge in [-0.3, -0.25) is 9.69 Å². The number of carboxylic acids is 2. The van der Waals surface area contributed by atoms with Crippen LogP contribution in [-0.4, -0.2) is 96.6 Å². The topological polar surface area (TPSA) is 119 Å². The minimum absolute atomic E-state index is 0.128. The summed E-state index contributed by atoms with van der Waals surface area (Å²) in [6.07, 6.45) is -10.2. The Balaban J connectivity index is 0.000000521. The molecule has 0 spiro atoms. The summed E-state index contributed by atoms with van der Waals surface area (Å²) in [5, 5.41) is 20.7. The van der Waals surface area contributed by atoms with E-state index in [-0.39, 0.29) is 11.7 Å². The predicted molar refractivity (Wildman–Crippen MR) is 171 cm³/mol. The van der Waals surface area contributed by atoms with Crippen molar-refractivity contribution in [1.29, 1.82) is 0 Å². The molecule has 0 bridgehead atoms. The van der Waals surface area contributed by atoms with Crippen molar-refractivity contribution >= 4 is 17.8 Å². The molecule has 1 aliphatic heterocycles. The number of alkyl halides is 6. The second-order valence-corrected chi connectivity index (χ2v) is 12.5. The van der Waals surface area contributed by atoms with Crippen LogP contribution in [0.4, 0.5) is 30.7 Å². The second-order valence-electron chi connectivity index (χ2n) is 12.5. The summed E-state index contributed by atoms with van der Waals surface area (Å²) in [6, 6.07) is 21.4. The van der Waals surface area contributed by atoms with Gasteiger partial charge in [-0.1, -0.05) is 36.4 Å². The largest absolute Gasteiger partial charge is 0.490 e. The van der Waals surface area contributed by atoms with Gasteiger partial charge in [0, 0.05) is 55.5 Å². The van der Waals surface area contributed by atoms with E-state index in [9.17, 15) is 35.5 Å². The number of nitrogens with zero attached hydrogens (tertiary/aromatic N) is 2. The lowest BCUT2D eigenvalue weighted by molar-refractivity contribution is -0.884. The van der Waals surface area contributed by atoms with Gasteiger partial charge in [-0.25, -0.2) is 14.0 Å². The number of aliphatic carboxylic acids is 2. The number of piperazine rings is 1. The number of nitrogens with one attached hydrogen (secondary N) is 2. The summed E-state index contributed by atoms with van der Waals surface area (Å²) < 4.78 is 79.1. The molecule has 4 N–H and O–H groups in total. The lowest BCUT2D eigenvalue weighted by Gasteiger charge is -2.31. The van der Waals surface area contributed by atoms with Gasteiger partial charge in [0.15, 0.2) is 0 Å². The molecule has 1 fully saturated rings. The summed E-state index contributed by atoms with van der Waals surface area (Å²) in [5.74, 6) is -5.90. The fourth-order valence-electron chi connectivity index (χ4n) is 4.80. The quantitative estimate of drug-likeness (QED) is 0.175. The van der Waals surface area contributed by atoms with Crippen LogP contribution in [0.3, 0.4) is 0 Å². The van der Waals surface area contributed by atoms with Crippen LogP contribution < -0.4 is 10.6 Å². The van der Waals surface area contributed by atoms with Crippen LogP contribution in [0.2, 0.25) is 0 Å². The number of rotatable bonds is 8. The van der Waals surface area contributed by atoms with E-state index in [4.69, 9.17) is 19.8 Å². The molecular formula is C34H40F7N4O5+. The highest BCUT2D eigenvalue weighted by Crippen LogP contribution is 2.26. The van der Waals surface area contributed by atoms with E-state index in [1.165, 1.54) is 11.6 Å². The zero-order valence-electron chi connectivity index (χ0n) is 27.8. The van der Waals surface area contributed by atoms with E-state index in [2.05, 4.69) is 55.7 Å². The molecule has 3 aromatic carbocycles. The fraction of sp³-hybridized carbons (Fsp3) is 0.382. The maximum absolute atomic E-state index is 14.8. The molecule has 274 valence electrons. The SMILES string of the molecule is C[C@H]1CN(Cc2cccc(-c3cc(CNC(=O)c4cccc(C[N+](C)(C)C)c4)ccc3F)c2)CCN1.O=C(O)C(F)(F)F.O=C(O)C(F)(F)F. The molecular weight excluding hydrogens is 677 g/mol. The molecule has 0 saturated carbocycles. The molecule has 50 heavy (non-hydrogen) atoms. The average molecular weight is 718 g/mol. The summed E-state index contributed by atoms with van der Waals surface area (Å²) in [7, 11) is 6.38. The summed E-state index contributed by atoms with van der Waals surface area (Å²) in [6.45, 7) is 7.24. The number of carboxylic acid groups (broad SMARTS) is 2. The van der Waals surface area contributed by atoms with Gasteiger partial charge in [0.25, 0.3) is 5.91 Å². The number of hydrogen-bond donors (Lipinski definition) is 4. The molecule has 1 heterocycles. The Hall–Kier alpha value is -4.54. The Labute approximate surface area is 284 Å². The average Bonchev–Trinajstić information content (AvgIpc) is 2.99. The molecule has 3 aromatic rings. The van der Waals surface area contributed by atoms with E-state index >= 15 is 0 Å². The number of carbonyl (C=O) groups excluding carboxylic acids is 1. The highest BCUT2D eigenvalue weighted by atomic mass is 19.4. The monoisotopic (exact) mass is 717 g/mol. The highest BCUT2D eigenvalue weighted by molar-refractivity contribution is 5.94. The highest BCUT2D eigenvalue weighted by Gasteiger charge is 2.38. The zero-order chi connectivity index (χ0) is 37.9. The van der Waals surface area contributed by atoms with E-state index < -0.39 is 24.3 Å². The van der Waals surface area contributed by atoms with Crippen molar-refractivity contribution in [2.75, 3.05) is 40.8 Å². The van der Waals surface area contributed by atoms with E-state index in [1.807, 2.05) is 42.5 Å². The number of quaternary nitrogens is 1. The van der Waals surface area contributed by atoms with Crippen LogP contribution in [-0.2, 0) is 29.2 Å². The lowest BCUT2D eigenvalue weighted by atomic mass is 10.00. The molecule has 16 heteroatoms. The summed E-state index contributed by atoms with van der Waals surface area (Å²) in [5.41, 5.74) is 5.21. The first-order valence-corrected chi connectivity index (χ1v) is 15.2. The predicted octanol–water partition coefficient (Wildman–Crippen LogP) is 5.69. The van der Waals surface area contributed by atoms with Crippen LogP contribution in [0.15, 0.2) is 66.7 Å². The number of carbonyl (C=O) groups is 3. The molecule has 1 amide bonds. The fourth-order valence-corrected chi connectivity index (χ4v) is 4.80. The smallest absolute Gasteiger partial charge is 0.475 e. The molecule has 0 aliphatic carbocycles. The Kier molecular flexibility index (Phi) is 14.9. The molecule has 1 atom stereocenters. The summed E-state index contributed by atoms with van der Waals surface area (Å²) >= 11 is 0. The van der Waals surface area contributed by atoms with Gasteiger partial charge in [-0.15, -0.1) is 0 Å². The van der Waals surface area contributed by atoms with Crippen molar-refractivity contribution in [3.8, 4) is 11.1 Å². The van der Waals surface area contributed by atoms with Crippen molar-refractivity contribution in [2.24, 2.45) is 0 Å². The van der Waals surface area contributed by atoms with Crippen molar-refractivity contribution in [3.05, 3.63) is 94.8 Å². The maximum atomic E-state index is 14.8. The van der Waals surface area contributed by atoms with Crippen LogP contribution in [0.5, 0.6) is 0 Å². The minimum atomic E-state index is -5.08. The zero-order valence-corrected chi connectivity index (χ0v) is 27.8. The minimum Gasteiger partial charge on any atom is -0.475 e. The molecule has 9 nitrogen and oxygen atoms in total. The third kappa shape index (κ3) is 14.9. The summed E-state index contributed by atoms with van der Waals surface area (Å²) in [4.78, 5) is 33.0. The van der Waals surface area contributed by atoms with Gasteiger partial charge in [0.1, 0.15) is 12.4 Å². The maximum Gasteiger partial charge on any atom is 0.490 e. The number of halogens is 7. The van der Waals surface area contributed by atoms with Crippen LogP contribution in [0, 0.1) is 5.82 Å². The molecule has 4 rings (SSSR count). The molecule has 0 aromatic heterocycles. The van der Waals surface area contributed by atoms with E-state index in [0.29, 0.717) is 23.7 Å². The molecule has 1 saturated heterocycles. The van der Waals surface area contributed by atoms with Crippen molar-refractivity contribution in [2.45, 2.75) is 45.0 Å². The third-order valence-electron chi connectivity index (χ3n) is 6.91. The Morgan fingerprint density at radius 3 is 2.00 bits per heavy atom. The Morgan fingerprint density at radius 1 is 0.860 bits per heavy atom. The number of hydrogen-bond acceptors (Lipinski definition) is 5. The standard InChI is InChI=1S/C30H37FN4O.2C2HF3O2/c1-22-19-34(14-13-32-22)20-24-7-5-9-26(15-24)28-17-23(11-12-29(28)31)18-33-30(36)27-10-6-8-25(16-27)21-35(2,3)4;2*3-2(4,5)1(6)7/h5-12,15-17,22,32H,13-14,18-21H2,1-4H3;2*(H,6,7)/p+1/t22-;;/m0../s1. The lowest BCUT2D eigenvalue weighted by Crippen LogP contribution is -2.48. The van der Waals surface area contributed by atoms with Gasteiger partial charge in [0.05, 0.1) is 21.1 Å². The second kappa shape index (κ2) is 17.9. The first-order valence-electron chi connectivity index (χ1n) is 15.2.